The largest absolute Gasteiger partial charge is 0.440 e. The van der Waals surface area contributed by atoms with Crippen LogP contribution in [0.2, 0.25) is 0 Å². The lowest BCUT2D eigenvalue weighted by Crippen LogP contribution is -2.48. The van der Waals surface area contributed by atoms with Crippen molar-refractivity contribution in [1.82, 2.24) is 14.4 Å². The van der Waals surface area contributed by atoms with Crippen molar-refractivity contribution in [3.63, 3.8) is 0 Å². The lowest BCUT2D eigenvalue weighted by Gasteiger charge is -2.39. The number of furan rings is 1. The molecule has 2 fully saturated rings. The summed E-state index contributed by atoms with van der Waals surface area (Å²) in [7, 11) is -3.63. The Bertz CT molecular complexity index is 892. The molecule has 9 heteroatoms. The van der Waals surface area contributed by atoms with Crippen molar-refractivity contribution >= 4 is 21.8 Å². The van der Waals surface area contributed by atoms with Crippen LogP contribution in [0.5, 0.6) is 0 Å². The zero-order valence-corrected chi connectivity index (χ0v) is 17.3. The smallest absolute Gasteiger partial charge is 0.276 e. The molecule has 0 spiro atoms. The van der Waals surface area contributed by atoms with Crippen molar-refractivity contribution in [2.75, 3.05) is 37.7 Å². The average molecular weight is 412 g/mol. The Labute approximate surface area is 164 Å². The summed E-state index contributed by atoms with van der Waals surface area (Å²) in [6.07, 6.45) is 1.75. The first kappa shape index (κ1) is 19.0. The summed E-state index contributed by atoms with van der Waals surface area (Å²) < 4.78 is 38.4. The SMILES string of the molecule is Cc1noc(-c2ccc(S(=O)(=O)N3CCC(N4CCSCC4)CC3)o2)c1C. The third kappa shape index (κ3) is 3.70. The highest BCUT2D eigenvalue weighted by Crippen LogP contribution is 2.31. The van der Waals surface area contributed by atoms with Crippen molar-refractivity contribution in [3.8, 4) is 11.5 Å². The van der Waals surface area contributed by atoms with Crippen LogP contribution >= 0.6 is 11.8 Å². The molecule has 0 bridgehead atoms. The van der Waals surface area contributed by atoms with Crippen LogP contribution in [0.1, 0.15) is 24.1 Å². The van der Waals surface area contributed by atoms with Gasteiger partial charge in [-0.05, 0) is 38.8 Å². The molecule has 0 aliphatic carbocycles. The normalized spacial score (nSPS) is 21.0. The maximum Gasteiger partial charge on any atom is 0.276 e. The molecule has 2 aliphatic heterocycles. The Morgan fingerprint density at radius 3 is 2.44 bits per heavy atom. The number of sulfonamides is 1. The summed E-state index contributed by atoms with van der Waals surface area (Å²) in [5.74, 6) is 3.23. The molecule has 2 aromatic heterocycles. The third-order valence-electron chi connectivity index (χ3n) is 5.54. The van der Waals surface area contributed by atoms with E-state index in [0.717, 1.165) is 37.2 Å². The summed E-state index contributed by atoms with van der Waals surface area (Å²) in [5, 5.41) is 3.88. The minimum atomic E-state index is -3.63. The topological polar surface area (TPSA) is 79.8 Å². The zero-order chi connectivity index (χ0) is 19.0. The molecule has 0 N–H and O–H groups in total. The molecule has 0 saturated carbocycles. The summed E-state index contributed by atoms with van der Waals surface area (Å²) in [5.41, 5.74) is 1.62. The molecule has 0 aromatic carbocycles. The van der Waals surface area contributed by atoms with Crippen molar-refractivity contribution in [3.05, 3.63) is 23.4 Å². The van der Waals surface area contributed by atoms with Gasteiger partial charge < -0.3 is 8.94 Å². The second kappa shape index (κ2) is 7.62. The zero-order valence-electron chi connectivity index (χ0n) is 15.7. The highest BCUT2D eigenvalue weighted by Gasteiger charge is 2.34. The molecule has 2 saturated heterocycles. The van der Waals surface area contributed by atoms with Crippen LogP contribution in [0.25, 0.3) is 11.5 Å². The van der Waals surface area contributed by atoms with E-state index in [9.17, 15) is 8.42 Å². The molecule has 0 amide bonds. The molecule has 0 atom stereocenters. The molecule has 0 unspecified atom stereocenters. The highest BCUT2D eigenvalue weighted by atomic mass is 32.2. The molecule has 4 heterocycles. The van der Waals surface area contributed by atoms with Gasteiger partial charge in [0, 0.05) is 49.3 Å². The van der Waals surface area contributed by atoms with Gasteiger partial charge in [0.1, 0.15) is 0 Å². The van der Waals surface area contributed by atoms with E-state index in [-0.39, 0.29) is 5.09 Å². The molecular weight excluding hydrogens is 386 g/mol. The van der Waals surface area contributed by atoms with Crippen LogP contribution in [0.15, 0.2) is 26.2 Å². The first-order chi connectivity index (χ1) is 13.0. The van der Waals surface area contributed by atoms with E-state index in [1.807, 2.05) is 25.6 Å². The number of rotatable bonds is 4. The Morgan fingerprint density at radius 2 is 1.81 bits per heavy atom. The van der Waals surface area contributed by atoms with Gasteiger partial charge in [0.15, 0.2) is 5.76 Å². The van der Waals surface area contributed by atoms with Gasteiger partial charge in [-0.3, -0.25) is 4.90 Å². The maximum atomic E-state index is 13.0. The lowest BCUT2D eigenvalue weighted by atomic mass is 10.0. The number of piperidine rings is 1. The Morgan fingerprint density at radius 1 is 1.11 bits per heavy atom. The predicted molar refractivity (Wildman–Crippen MR) is 104 cm³/mol. The Kier molecular flexibility index (Phi) is 5.37. The van der Waals surface area contributed by atoms with Gasteiger partial charge in [0.05, 0.1) is 5.69 Å². The van der Waals surface area contributed by atoms with E-state index in [1.165, 1.54) is 17.6 Å². The minimum Gasteiger partial charge on any atom is -0.440 e. The van der Waals surface area contributed by atoms with Gasteiger partial charge in [-0.15, -0.1) is 0 Å². The standard InChI is InChI=1S/C18H25N3O4S2/c1-13-14(2)19-25-18(13)16-3-4-17(24-16)27(22,23)21-7-5-15(6-8-21)20-9-11-26-12-10-20/h3-4,15H,5-12H2,1-2H3. The molecule has 148 valence electrons. The van der Waals surface area contributed by atoms with Gasteiger partial charge >= 0.3 is 0 Å². The Balaban J connectivity index is 1.45. The van der Waals surface area contributed by atoms with Crippen molar-refractivity contribution in [1.29, 1.82) is 0 Å². The second-order valence-electron chi connectivity index (χ2n) is 7.12. The quantitative estimate of drug-likeness (QED) is 0.765. The van der Waals surface area contributed by atoms with Crippen LogP contribution in [-0.2, 0) is 10.0 Å². The molecule has 2 aliphatic rings. The number of thioether (sulfide) groups is 1. The average Bonchev–Trinajstić information content (AvgIpc) is 3.31. The highest BCUT2D eigenvalue weighted by molar-refractivity contribution is 7.99. The van der Waals surface area contributed by atoms with Gasteiger partial charge in [0.2, 0.25) is 10.9 Å². The van der Waals surface area contributed by atoms with Crippen molar-refractivity contribution < 1.29 is 17.4 Å². The van der Waals surface area contributed by atoms with Gasteiger partial charge in [-0.1, -0.05) is 5.16 Å². The van der Waals surface area contributed by atoms with Crippen LogP contribution in [0.3, 0.4) is 0 Å². The molecule has 4 rings (SSSR count). The summed E-state index contributed by atoms with van der Waals surface area (Å²) in [6.45, 7) is 7.01. The van der Waals surface area contributed by atoms with E-state index in [2.05, 4.69) is 10.1 Å². The van der Waals surface area contributed by atoms with Crippen LogP contribution in [0, 0.1) is 13.8 Å². The van der Waals surface area contributed by atoms with Gasteiger partial charge in [0.25, 0.3) is 10.0 Å². The van der Waals surface area contributed by atoms with Gasteiger partial charge in [-0.2, -0.15) is 16.1 Å². The van der Waals surface area contributed by atoms with Crippen LogP contribution in [0.4, 0.5) is 0 Å². The maximum absolute atomic E-state index is 13.0. The monoisotopic (exact) mass is 411 g/mol. The summed E-state index contributed by atoms with van der Waals surface area (Å²) in [4.78, 5) is 2.51. The first-order valence-corrected chi connectivity index (χ1v) is 11.9. The van der Waals surface area contributed by atoms with Crippen molar-refractivity contribution in [2.24, 2.45) is 0 Å². The van der Waals surface area contributed by atoms with Crippen LogP contribution in [-0.4, -0.2) is 66.5 Å². The van der Waals surface area contributed by atoms with E-state index >= 15 is 0 Å². The number of nitrogens with zero attached hydrogens (tertiary/aromatic N) is 3. The summed E-state index contributed by atoms with van der Waals surface area (Å²) in [6, 6.07) is 3.64. The Hall–Kier alpha value is -1.29. The molecule has 27 heavy (non-hydrogen) atoms. The number of aromatic nitrogens is 1. The molecule has 0 radical (unpaired) electrons. The molecular formula is C18H25N3O4S2. The summed E-state index contributed by atoms with van der Waals surface area (Å²) >= 11 is 2.00. The van der Waals surface area contributed by atoms with E-state index in [1.54, 1.807) is 10.4 Å². The minimum absolute atomic E-state index is 0.0289. The van der Waals surface area contributed by atoms with E-state index in [0.29, 0.717) is 30.7 Å². The van der Waals surface area contributed by atoms with Gasteiger partial charge in [-0.25, -0.2) is 8.42 Å². The fourth-order valence-corrected chi connectivity index (χ4v) is 6.06. The molecule has 7 nitrogen and oxygen atoms in total. The number of aryl methyl sites for hydroxylation is 1. The predicted octanol–water partition coefficient (Wildman–Crippen LogP) is 2.75. The number of hydrogen-bond acceptors (Lipinski definition) is 7. The van der Waals surface area contributed by atoms with Crippen molar-refractivity contribution in [2.45, 2.75) is 37.8 Å². The number of hydrogen-bond donors (Lipinski definition) is 0. The fourth-order valence-electron chi connectivity index (χ4n) is 3.74. The fraction of sp³-hybridized carbons (Fsp3) is 0.611. The first-order valence-electron chi connectivity index (χ1n) is 9.32. The lowest BCUT2D eigenvalue weighted by molar-refractivity contribution is 0.151. The molecule has 2 aromatic rings. The van der Waals surface area contributed by atoms with E-state index < -0.39 is 10.0 Å². The van der Waals surface area contributed by atoms with E-state index in [4.69, 9.17) is 8.94 Å². The third-order valence-corrected chi connectivity index (χ3v) is 8.26. The van der Waals surface area contributed by atoms with Crippen LogP contribution < -0.4 is 0 Å². The second-order valence-corrected chi connectivity index (χ2v) is 10.2.